The Morgan fingerprint density at radius 1 is 0.944 bits per heavy atom. The van der Waals surface area contributed by atoms with Gasteiger partial charge in [0.1, 0.15) is 0 Å². The Morgan fingerprint density at radius 2 is 1.72 bits per heavy atom. The van der Waals surface area contributed by atoms with Crippen molar-refractivity contribution >= 4 is 27.9 Å². The summed E-state index contributed by atoms with van der Waals surface area (Å²) in [6.07, 6.45) is 0. The van der Waals surface area contributed by atoms with E-state index in [4.69, 9.17) is 0 Å². The number of benzene rings is 2. The maximum atomic E-state index is 11.4. The first kappa shape index (κ1) is 11.2. The minimum absolute atomic E-state index is 0.131. The zero-order valence-electron chi connectivity index (χ0n) is 10.0. The first-order valence-electron chi connectivity index (χ1n) is 5.84. The Labute approximate surface area is 110 Å². The molecule has 0 aliphatic carbocycles. The summed E-state index contributed by atoms with van der Waals surface area (Å²) in [5.74, 6) is 0.131. The molecule has 2 heteroatoms. The number of carbonyl (C=O) groups excluding carboxylic acids is 1. The SMILES string of the molecule is CC(=O)c1ccc(-c2cccc3ccccc23)s1. The summed E-state index contributed by atoms with van der Waals surface area (Å²) in [6, 6.07) is 18.5. The fraction of sp³-hybridized carbons (Fsp3) is 0.0625. The van der Waals surface area contributed by atoms with Crippen LogP contribution < -0.4 is 0 Å². The molecule has 0 saturated carbocycles. The van der Waals surface area contributed by atoms with E-state index in [0.717, 1.165) is 9.75 Å². The van der Waals surface area contributed by atoms with E-state index in [2.05, 4.69) is 30.3 Å². The molecule has 18 heavy (non-hydrogen) atoms. The number of thiophene rings is 1. The topological polar surface area (TPSA) is 17.1 Å². The molecule has 0 fully saturated rings. The Morgan fingerprint density at radius 3 is 2.50 bits per heavy atom. The number of Topliss-reactive ketones (excluding diaryl/α,β-unsaturated/α-hetero) is 1. The maximum Gasteiger partial charge on any atom is 0.169 e. The quantitative estimate of drug-likeness (QED) is 0.600. The predicted molar refractivity (Wildman–Crippen MR) is 77.3 cm³/mol. The van der Waals surface area contributed by atoms with Gasteiger partial charge in [0.15, 0.2) is 5.78 Å². The summed E-state index contributed by atoms with van der Waals surface area (Å²) in [5, 5.41) is 2.46. The van der Waals surface area contributed by atoms with Gasteiger partial charge in [0, 0.05) is 4.88 Å². The Bertz CT molecular complexity index is 719. The van der Waals surface area contributed by atoms with E-state index in [1.54, 1.807) is 18.3 Å². The molecule has 0 unspecified atom stereocenters. The lowest BCUT2D eigenvalue weighted by Crippen LogP contribution is -1.83. The summed E-state index contributed by atoms with van der Waals surface area (Å²) >= 11 is 1.56. The van der Waals surface area contributed by atoms with Crippen LogP contribution in [0.15, 0.2) is 54.6 Å². The lowest BCUT2D eigenvalue weighted by molar-refractivity contribution is 0.102. The van der Waals surface area contributed by atoms with E-state index in [1.807, 2.05) is 24.3 Å². The molecule has 3 rings (SSSR count). The molecular formula is C16H12OS. The average Bonchev–Trinajstić information content (AvgIpc) is 2.87. The summed E-state index contributed by atoms with van der Waals surface area (Å²) in [7, 11) is 0. The molecule has 0 saturated heterocycles. The van der Waals surface area contributed by atoms with Gasteiger partial charge in [-0.3, -0.25) is 4.79 Å². The van der Waals surface area contributed by atoms with Crippen molar-refractivity contribution in [3.63, 3.8) is 0 Å². The van der Waals surface area contributed by atoms with Gasteiger partial charge in [-0.2, -0.15) is 0 Å². The largest absolute Gasteiger partial charge is 0.294 e. The molecule has 0 atom stereocenters. The van der Waals surface area contributed by atoms with Crippen LogP contribution in [-0.4, -0.2) is 5.78 Å². The van der Waals surface area contributed by atoms with Crippen molar-refractivity contribution in [2.45, 2.75) is 6.92 Å². The van der Waals surface area contributed by atoms with Gasteiger partial charge >= 0.3 is 0 Å². The second-order valence-corrected chi connectivity index (χ2v) is 5.33. The summed E-state index contributed by atoms with van der Waals surface area (Å²) in [6.45, 7) is 1.61. The van der Waals surface area contributed by atoms with Crippen molar-refractivity contribution in [2.75, 3.05) is 0 Å². The molecule has 0 radical (unpaired) electrons. The van der Waals surface area contributed by atoms with Crippen LogP contribution in [0.25, 0.3) is 21.2 Å². The highest BCUT2D eigenvalue weighted by Crippen LogP contribution is 2.33. The molecule has 3 aromatic rings. The third kappa shape index (κ3) is 1.85. The molecule has 1 aromatic heterocycles. The number of rotatable bonds is 2. The van der Waals surface area contributed by atoms with Crippen LogP contribution in [0, 0.1) is 0 Å². The summed E-state index contributed by atoms with van der Waals surface area (Å²) < 4.78 is 0. The molecule has 0 spiro atoms. The van der Waals surface area contributed by atoms with E-state index in [0.29, 0.717) is 0 Å². The fourth-order valence-corrected chi connectivity index (χ4v) is 3.05. The van der Waals surface area contributed by atoms with Gasteiger partial charge in [-0.05, 0) is 35.4 Å². The first-order valence-corrected chi connectivity index (χ1v) is 6.66. The Balaban J connectivity index is 2.21. The van der Waals surface area contributed by atoms with E-state index < -0.39 is 0 Å². The maximum absolute atomic E-state index is 11.4. The number of hydrogen-bond donors (Lipinski definition) is 0. The molecular weight excluding hydrogens is 240 g/mol. The van der Waals surface area contributed by atoms with Gasteiger partial charge in [-0.15, -0.1) is 11.3 Å². The van der Waals surface area contributed by atoms with Crippen molar-refractivity contribution in [3.8, 4) is 10.4 Å². The van der Waals surface area contributed by atoms with Gasteiger partial charge in [0.05, 0.1) is 4.88 Å². The van der Waals surface area contributed by atoms with E-state index >= 15 is 0 Å². The highest BCUT2D eigenvalue weighted by molar-refractivity contribution is 7.17. The van der Waals surface area contributed by atoms with Crippen LogP contribution >= 0.6 is 11.3 Å². The molecule has 1 nitrogen and oxygen atoms in total. The molecule has 0 bridgehead atoms. The van der Waals surface area contributed by atoms with Crippen molar-refractivity contribution in [3.05, 3.63) is 59.5 Å². The van der Waals surface area contributed by atoms with Gasteiger partial charge in [0.2, 0.25) is 0 Å². The highest BCUT2D eigenvalue weighted by atomic mass is 32.1. The normalized spacial score (nSPS) is 10.7. The van der Waals surface area contributed by atoms with Gasteiger partial charge in [-0.25, -0.2) is 0 Å². The lowest BCUT2D eigenvalue weighted by Gasteiger charge is -2.03. The number of ketones is 1. The number of fused-ring (bicyclic) bond motifs is 1. The van der Waals surface area contributed by atoms with Crippen molar-refractivity contribution < 1.29 is 4.79 Å². The molecule has 88 valence electrons. The third-order valence-corrected chi connectivity index (χ3v) is 4.23. The first-order chi connectivity index (χ1) is 8.75. The zero-order valence-corrected chi connectivity index (χ0v) is 10.8. The smallest absolute Gasteiger partial charge is 0.169 e. The minimum Gasteiger partial charge on any atom is -0.294 e. The van der Waals surface area contributed by atoms with Gasteiger partial charge in [0.25, 0.3) is 0 Å². The van der Waals surface area contributed by atoms with E-state index in [1.165, 1.54) is 16.3 Å². The molecule has 2 aromatic carbocycles. The summed E-state index contributed by atoms with van der Waals surface area (Å²) in [4.78, 5) is 13.3. The second-order valence-electron chi connectivity index (χ2n) is 4.25. The second kappa shape index (κ2) is 4.39. The van der Waals surface area contributed by atoms with Crippen LogP contribution in [0.4, 0.5) is 0 Å². The van der Waals surface area contributed by atoms with Crippen molar-refractivity contribution in [1.29, 1.82) is 0 Å². The standard InChI is InChI=1S/C16H12OS/c1-11(17)15-9-10-16(18-15)14-8-4-6-12-5-2-3-7-13(12)14/h2-10H,1H3. The van der Waals surface area contributed by atoms with Crippen LogP contribution in [0.3, 0.4) is 0 Å². The van der Waals surface area contributed by atoms with Crippen LogP contribution in [0.5, 0.6) is 0 Å². The Kier molecular flexibility index (Phi) is 2.73. The average molecular weight is 252 g/mol. The van der Waals surface area contributed by atoms with Gasteiger partial charge in [-0.1, -0.05) is 42.5 Å². The lowest BCUT2D eigenvalue weighted by atomic mass is 10.0. The van der Waals surface area contributed by atoms with Crippen LogP contribution in [0.2, 0.25) is 0 Å². The molecule has 0 amide bonds. The molecule has 0 aliphatic heterocycles. The molecule has 0 aliphatic rings. The minimum atomic E-state index is 0.131. The number of hydrogen-bond acceptors (Lipinski definition) is 2. The van der Waals surface area contributed by atoms with E-state index in [9.17, 15) is 4.79 Å². The number of carbonyl (C=O) groups is 1. The van der Waals surface area contributed by atoms with Crippen molar-refractivity contribution in [1.82, 2.24) is 0 Å². The van der Waals surface area contributed by atoms with Crippen molar-refractivity contribution in [2.24, 2.45) is 0 Å². The Hall–Kier alpha value is -1.93. The molecule has 0 N–H and O–H groups in total. The van der Waals surface area contributed by atoms with Gasteiger partial charge < -0.3 is 0 Å². The predicted octanol–water partition coefficient (Wildman–Crippen LogP) is 4.77. The molecule has 1 heterocycles. The van der Waals surface area contributed by atoms with Crippen LogP contribution in [0.1, 0.15) is 16.6 Å². The monoisotopic (exact) mass is 252 g/mol. The summed E-state index contributed by atoms with van der Waals surface area (Å²) in [5.41, 5.74) is 1.20. The fourth-order valence-electron chi connectivity index (χ4n) is 2.11. The zero-order chi connectivity index (χ0) is 12.5. The highest BCUT2D eigenvalue weighted by Gasteiger charge is 2.08. The van der Waals surface area contributed by atoms with E-state index in [-0.39, 0.29) is 5.78 Å². The third-order valence-electron chi connectivity index (χ3n) is 3.01. The van der Waals surface area contributed by atoms with Crippen LogP contribution in [-0.2, 0) is 0 Å².